The van der Waals surface area contributed by atoms with Gasteiger partial charge in [0.05, 0.1) is 24.6 Å². The molecule has 1 amide bonds. The standard InChI is InChI=1S/C18H18N6O3/c1-27-14(25)6-7-21-18(26)12-8-13-17(22-9-12)24-16(23-13)11-4-2-10(3-5-11)15(19)20/h2-5,8-9H,6-7H2,1H3,(H3,19,20)(H,21,26)(H,22,23,24). The van der Waals surface area contributed by atoms with Crippen LogP contribution in [0, 0.1) is 5.41 Å². The first-order valence-corrected chi connectivity index (χ1v) is 8.13. The van der Waals surface area contributed by atoms with Gasteiger partial charge in [0.25, 0.3) is 5.91 Å². The molecule has 0 unspecified atom stereocenters. The number of carbonyl (C=O) groups is 2. The molecule has 0 aliphatic carbocycles. The van der Waals surface area contributed by atoms with Crippen LogP contribution < -0.4 is 11.1 Å². The van der Waals surface area contributed by atoms with E-state index in [0.29, 0.717) is 28.1 Å². The summed E-state index contributed by atoms with van der Waals surface area (Å²) in [6.45, 7) is 0.181. The second-order valence-electron chi connectivity index (χ2n) is 5.75. The van der Waals surface area contributed by atoms with E-state index >= 15 is 0 Å². The van der Waals surface area contributed by atoms with Gasteiger partial charge in [-0.3, -0.25) is 15.0 Å². The minimum atomic E-state index is -0.391. The van der Waals surface area contributed by atoms with E-state index in [1.165, 1.54) is 13.3 Å². The average molecular weight is 366 g/mol. The van der Waals surface area contributed by atoms with Crippen LogP contribution >= 0.6 is 0 Å². The summed E-state index contributed by atoms with van der Waals surface area (Å²) in [4.78, 5) is 35.0. The number of ether oxygens (including phenoxy) is 1. The summed E-state index contributed by atoms with van der Waals surface area (Å²) in [7, 11) is 1.30. The van der Waals surface area contributed by atoms with Gasteiger partial charge in [-0.15, -0.1) is 0 Å². The molecule has 2 heterocycles. The number of imidazole rings is 1. The van der Waals surface area contributed by atoms with Crippen molar-refractivity contribution in [1.29, 1.82) is 5.41 Å². The quantitative estimate of drug-likeness (QED) is 0.293. The van der Waals surface area contributed by atoms with Gasteiger partial charge in [-0.1, -0.05) is 24.3 Å². The Labute approximate surface area is 154 Å². The number of H-pyrrole nitrogens is 1. The van der Waals surface area contributed by atoms with Crippen LogP contribution in [0.5, 0.6) is 0 Å². The van der Waals surface area contributed by atoms with Crippen molar-refractivity contribution in [3.63, 3.8) is 0 Å². The zero-order valence-electron chi connectivity index (χ0n) is 14.6. The maximum Gasteiger partial charge on any atom is 0.307 e. The van der Waals surface area contributed by atoms with Crippen molar-refractivity contribution in [2.24, 2.45) is 5.73 Å². The lowest BCUT2D eigenvalue weighted by Gasteiger charge is -2.03. The van der Waals surface area contributed by atoms with E-state index in [9.17, 15) is 9.59 Å². The lowest BCUT2D eigenvalue weighted by atomic mass is 10.1. The van der Waals surface area contributed by atoms with E-state index in [-0.39, 0.29) is 24.7 Å². The van der Waals surface area contributed by atoms with Crippen LogP contribution in [0.2, 0.25) is 0 Å². The summed E-state index contributed by atoms with van der Waals surface area (Å²) in [5.74, 6) is -0.139. The Balaban J connectivity index is 1.77. The average Bonchev–Trinajstić information content (AvgIpc) is 3.11. The Kier molecular flexibility index (Phi) is 5.11. The lowest BCUT2D eigenvalue weighted by molar-refractivity contribution is -0.140. The second kappa shape index (κ2) is 7.65. The monoisotopic (exact) mass is 366 g/mol. The largest absolute Gasteiger partial charge is 0.469 e. The van der Waals surface area contributed by atoms with E-state index in [4.69, 9.17) is 11.1 Å². The molecule has 2 aromatic heterocycles. The number of benzene rings is 1. The summed E-state index contributed by atoms with van der Waals surface area (Å²) < 4.78 is 4.53. The predicted octanol–water partition coefficient (Wildman–Crippen LogP) is 1.20. The third-order valence-electron chi connectivity index (χ3n) is 3.91. The first kappa shape index (κ1) is 18.1. The number of amidine groups is 1. The number of esters is 1. The van der Waals surface area contributed by atoms with Crippen molar-refractivity contribution in [3.8, 4) is 11.4 Å². The van der Waals surface area contributed by atoms with Crippen LogP contribution in [-0.4, -0.2) is 46.3 Å². The summed E-state index contributed by atoms with van der Waals surface area (Å²) in [5, 5.41) is 10.1. The molecule has 0 bridgehead atoms. The predicted molar refractivity (Wildman–Crippen MR) is 99.3 cm³/mol. The number of nitrogens with one attached hydrogen (secondary N) is 3. The molecule has 3 aromatic rings. The van der Waals surface area contributed by atoms with Gasteiger partial charge in [0.15, 0.2) is 5.65 Å². The Morgan fingerprint density at radius 2 is 2.00 bits per heavy atom. The number of hydrogen-bond donors (Lipinski definition) is 4. The summed E-state index contributed by atoms with van der Waals surface area (Å²) >= 11 is 0. The fourth-order valence-electron chi connectivity index (χ4n) is 2.45. The Hall–Kier alpha value is -3.75. The van der Waals surface area contributed by atoms with Gasteiger partial charge in [0.1, 0.15) is 11.7 Å². The molecule has 138 valence electrons. The number of rotatable bonds is 6. The lowest BCUT2D eigenvalue weighted by Crippen LogP contribution is -2.26. The topological polar surface area (TPSA) is 147 Å². The van der Waals surface area contributed by atoms with Crippen LogP contribution in [0.3, 0.4) is 0 Å². The second-order valence-corrected chi connectivity index (χ2v) is 5.75. The molecule has 9 nitrogen and oxygen atoms in total. The molecule has 0 aliphatic rings. The zero-order chi connectivity index (χ0) is 19.4. The van der Waals surface area contributed by atoms with Crippen molar-refractivity contribution < 1.29 is 14.3 Å². The van der Waals surface area contributed by atoms with Crippen molar-refractivity contribution in [2.75, 3.05) is 13.7 Å². The summed E-state index contributed by atoms with van der Waals surface area (Å²) in [5.41, 5.74) is 8.33. The number of nitrogens with zero attached hydrogens (tertiary/aromatic N) is 2. The van der Waals surface area contributed by atoms with Crippen LogP contribution in [0.15, 0.2) is 36.5 Å². The molecule has 1 aromatic carbocycles. The first-order chi connectivity index (χ1) is 13.0. The maximum absolute atomic E-state index is 12.2. The molecule has 9 heteroatoms. The fourth-order valence-corrected chi connectivity index (χ4v) is 2.45. The number of nitrogen functional groups attached to an aromatic ring is 1. The van der Waals surface area contributed by atoms with Crippen LogP contribution in [0.1, 0.15) is 22.3 Å². The fraction of sp³-hybridized carbons (Fsp3) is 0.167. The molecule has 0 saturated heterocycles. The number of aromatic nitrogens is 3. The Morgan fingerprint density at radius 1 is 1.26 bits per heavy atom. The van der Waals surface area contributed by atoms with Gasteiger partial charge in [-0.05, 0) is 6.07 Å². The molecule has 0 spiro atoms. The Bertz CT molecular complexity index is 1010. The van der Waals surface area contributed by atoms with E-state index in [2.05, 4.69) is 25.0 Å². The highest BCUT2D eigenvalue weighted by Crippen LogP contribution is 2.20. The number of carbonyl (C=O) groups excluding carboxylic acids is 2. The van der Waals surface area contributed by atoms with E-state index in [0.717, 1.165) is 5.56 Å². The molecule has 0 atom stereocenters. The number of nitrogens with two attached hydrogens (primary N) is 1. The number of hydrogen-bond acceptors (Lipinski definition) is 6. The van der Waals surface area contributed by atoms with Gasteiger partial charge < -0.3 is 20.8 Å². The first-order valence-electron chi connectivity index (χ1n) is 8.13. The van der Waals surface area contributed by atoms with Gasteiger partial charge in [-0.25, -0.2) is 9.97 Å². The molecule has 0 radical (unpaired) electrons. The molecular formula is C18H18N6O3. The van der Waals surface area contributed by atoms with Crippen LogP contribution in [0.25, 0.3) is 22.6 Å². The van der Waals surface area contributed by atoms with Gasteiger partial charge in [0, 0.05) is 23.9 Å². The van der Waals surface area contributed by atoms with Gasteiger partial charge >= 0.3 is 5.97 Å². The van der Waals surface area contributed by atoms with Crippen molar-refractivity contribution >= 4 is 28.9 Å². The molecule has 5 N–H and O–H groups in total. The van der Waals surface area contributed by atoms with Crippen LogP contribution in [-0.2, 0) is 9.53 Å². The molecule has 3 rings (SSSR count). The highest BCUT2D eigenvalue weighted by atomic mass is 16.5. The summed E-state index contributed by atoms with van der Waals surface area (Å²) in [6.07, 6.45) is 1.53. The van der Waals surface area contributed by atoms with E-state index in [1.54, 1.807) is 30.3 Å². The molecule has 0 fully saturated rings. The highest BCUT2D eigenvalue weighted by molar-refractivity contribution is 5.97. The molecule has 0 saturated carbocycles. The van der Waals surface area contributed by atoms with Crippen molar-refractivity contribution in [1.82, 2.24) is 20.3 Å². The number of fused-ring (bicyclic) bond motifs is 1. The number of methoxy groups -OCH3 is 1. The highest BCUT2D eigenvalue weighted by Gasteiger charge is 2.12. The maximum atomic E-state index is 12.2. The van der Waals surface area contributed by atoms with E-state index < -0.39 is 5.97 Å². The van der Waals surface area contributed by atoms with Crippen molar-refractivity contribution in [2.45, 2.75) is 6.42 Å². The zero-order valence-corrected chi connectivity index (χ0v) is 14.6. The Morgan fingerprint density at radius 3 is 2.67 bits per heavy atom. The third-order valence-corrected chi connectivity index (χ3v) is 3.91. The summed E-state index contributed by atoms with van der Waals surface area (Å²) in [6, 6.07) is 8.72. The van der Waals surface area contributed by atoms with Gasteiger partial charge in [0.2, 0.25) is 0 Å². The third kappa shape index (κ3) is 4.09. The minimum absolute atomic E-state index is 0.00400. The number of amides is 1. The number of aromatic amines is 1. The van der Waals surface area contributed by atoms with Crippen molar-refractivity contribution in [3.05, 3.63) is 47.7 Å². The van der Waals surface area contributed by atoms with E-state index in [1.807, 2.05) is 0 Å². The molecular weight excluding hydrogens is 348 g/mol. The molecule has 27 heavy (non-hydrogen) atoms. The van der Waals surface area contributed by atoms with Crippen LogP contribution in [0.4, 0.5) is 0 Å². The SMILES string of the molecule is COC(=O)CCNC(=O)c1cnc2nc(-c3ccc(C(=N)N)cc3)[nH]c2c1. The molecule has 0 aliphatic heterocycles. The normalized spacial score (nSPS) is 10.6. The van der Waals surface area contributed by atoms with Gasteiger partial charge in [-0.2, -0.15) is 0 Å². The minimum Gasteiger partial charge on any atom is -0.469 e. The number of pyridine rings is 1. The smallest absolute Gasteiger partial charge is 0.307 e.